The Morgan fingerprint density at radius 1 is 0.593 bits per heavy atom. The average Bonchev–Trinajstić information content (AvgIpc) is 3.27. The Labute approximate surface area is 545 Å². The lowest BCUT2D eigenvalue weighted by molar-refractivity contribution is -0.140. The van der Waals surface area contributed by atoms with Crippen molar-refractivity contribution < 1.29 is 78.8 Å². The van der Waals surface area contributed by atoms with Gasteiger partial charge in [0.2, 0.25) is 17.7 Å². The van der Waals surface area contributed by atoms with Gasteiger partial charge >= 0.3 is 11.9 Å². The highest BCUT2D eigenvalue weighted by atomic mass is 16.5. The van der Waals surface area contributed by atoms with E-state index in [-0.39, 0.29) is 132 Å². The fourth-order valence-electron chi connectivity index (χ4n) is 9.38. The molecule has 524 valence electrons. The molecule has 0 aromatic heterocycles. The molecule has 0 saturated carbocycles. The third-order valence-corrected chi connectivity index (χ3v) is 14.7. The van der Waals surface area contributed by atoms with Crippen LogP contribution in [0.4, 0.5) is 0 Å². The molecule has 0 heterocycles. The average molecular weight is 1290 g/mol. The maximum atomic E-state index is 12.7. The van der Waals surface area contributed by atoms with Gasteiger partial charge in [-0.2, -0.15) is 0 Å². The first-order chi connectivity index (χ1) is 43.2. The molecule has 0 aliphatic heterocycles. The Kier molecular flexibility index (Phi) is 55.1. The SMILES string of the molecule is C=C(CCCCCCCCCCCCCCC(=O)O)N[C@@H](CCC(=O)NCCOCCOCC(=O)CCCOCCOCC(=O)NCCCC[C@H](C)C(C)=O)C(=O)O.CC(=O)CC(C)C.CN(C)[C@@H](CCCCC(=N)N)C(=O)C[C@@H](Cc1ccc(O)cc1)C(N)=O.[HH]. The van der Waals surface area contributed by atoms with E-state index in [2.05, 4.69) is 22.5 Å². The Bertz CT molecular complexity index is 2200. The summed E-state index contributed by atoms with van der Waals surface area (Å²) < 4.78 is 21.5. The number of phenolic OH excluding ortho intramolecular Hbond substituents is 1. The molecular weight excluding hydrogens is 1170 g/mol. The number of amidine groups is 1. The number of rotatable bonds is 58. The van der Waals surface area contributed by atoms with Crippen molar-refractivity contribution >= 4 is 58.6 Å². The molecule has 0 fully saturated rings. The molecule has 1 aromatic rings. The first-order valence-electron chi connectivity index (χ1n) is 33.1. The first-order valence-corrected chi connectivity index (χ1v) is 33.1. The predicted octanol–water partition coefficient (Wildman–Crippen LogP) is 9.20. The maximum Gasteiger partial charge on any atom is 0.326 e. The number of nitrogens with one attached hydrogen (secondary N) is 4. The van der Waals surface area contributed by atoms with Crippen LogP contribution in [0.1, 0.15) is 215 Å². The smallest absolute Gasteiger partial charge is 0.326 e. The largest absolute Gasteiger partial charge is 0.508 e. The molecular formula is C68H121N7O16. The molecule has 0 bridgehead atoms. The number of allylic oxidation sites excluding steroid dienone is 1. The monoisotopic (exact) mass is 1290 g/mol. The molecule has 0 aliphatic rings. The lowest BCUT2D eigenvalue weighted by Crippen LogP contribution is -2.39. The lowest BCUT2D eigenvalue weighted by Gasteiger charge is -2.24. The van der Waals surface area contributed by atoms with Crippen LogP contribution in [0, 0.1) is 23.2 Å². The zero-order chi connectivity index (χ0) is 68.6. The van der Waals surface area contributed by atoms with E-state index in [0.717, 1.165) is 82.6 Å². The van der Waals surface area contributed by atoms with Crippen LogP contribution in [0.15, 0.2) is 36.5 Å². The summed E-state index contributed by atoms with van der Waals surface area (Å²) >= 11 is 0. The highest BCUT2D eigenvalue weighted by Gasteiger charge is 2.27. The second-order valence-electron chi connectivity index (χ2n) is 24.2. The van der Waals surface area contributed by atoms with Crippen molar-refractivity contribution in [3.63, 3.8) is 0 Å². The zero-order valence-electron chi connectivity index (χ0n) is 56.5. The minimum Gasteiger partial charge on any atom is -0.508 e. The number of hydrogen-bond donors (Lipinski definition) is 9. The van der Waals surface area contributed by atoms with E-state index in [1.165, 1.54) is 38.5 Å². The summed E-state index contributed by atoms with van der Waals surface area (Å²) in [5.41, 5.74) is 12.4. The number of ketones is 4. The molecule has 0 spiro atoms. The van der Waals surface area contributed by atoms with Gasteiger partial charge in [-0.05, 0) is 116 Å². The first kappa shape index (κ1) is 86.9. The third-order valence-electron chi connectivity index (χ3n) is 14.7. The zero-order valence-corrected chi connectivity index (χ0v) is 56.5. The summed E-state index contributed by atoms with van der Waals surface area (Å²) in [5.74, 6) is -1.97. The van der Waals surface area contributed by atoms with Crippen LogP contribution in [0.5, 0.6) is 5.75 Å². The van der Waals surface area contributed by atoms with Crippen LogP contribution in [0.3, 0.4) is 0 Å². The summed E-state index contributed by atoms with van der Waals surface area (Å²) in [6.07, 6.45) is 21.7. The van der Waals surface area contributed by atoms with Gasteiger partial charge in [-0.25, -0.2) is 4.79 Å². The quantitative estimate of drug-likeness (QED) is 0.0167. The van der Waals surface area contributed by atoms with Gasteiger partial charge in [-0.15, -0.1) is 0 Å². The van der Waals surface area contributed by atoms with E-state index in [9.17, 15) is 53.4 Å². The van der Waals surface area contributed by atoms with Crippen molar-refractivity contribution in [2.45, 2.75) is 226 Å². The van der Waals surface area contributed by atoms with E-state index in [4.69, 9.17) is 40.9 Å². The number of nitrogens with two attached hydrogens (primary N) is 2. The molecule has 23 nitrogen and oxygen atoms in total. The molecule has 3 amide bonds. The van der Waals surface area contributed by atoms with Crippen molar-refractivity contribution in [1.82, 2.24) is 20.9 Å². The molecule has 1 rings (SSSR count). The van der Waals surface area contributed by atoms with E-state index in [1.807, 2.05) is 39.8 Å². The van der Waals surface area contributed by atoms with E-state index < -0.39 is 29.8 Å². The number of ether oxygens (including phenoxy) is 4. The highest BCUT2D eigenvalue weighted by molar-refractivity contribution is 5.89. The summed E-state index contributed by atoms with van der Waals surface area (Å²) in [6.45, 7) is 15.7. The number of carboxylic acid groups (broad SMARTS) is 2. The van der Waals surface area contributed by atoms with Crippen molar-refractivity contribution in [3.8, 4) is 5.75 Å². The van der Waals surface area contributed by atoms with Crippen molar-refractivity contribution in [1.29, 1.82) is 5.41 Å². The Balaban J connectivity index is -0.00000191. The number of Topliss-reactive ketones (excluding diaryl/α,β-unsaturated/α-hetero) is 4. The van der Waals surface area contributed by atoms with Gasteiger partial charge in [0.1, 0.15) is 36.6 Å². The fourth-order valence-corrected chi connectivity index (χ4v) is 9.38. The Morgan fingerprint density at radius 3 is 1.64 bits per heavy atom. The maximum absolute atomic E-state index is 12.7. The van der Waals surface area contributed by atoms with Crippen LogP contribution in [-0.2, 0) is 68.5 Å². The van der Waals surface area contributed by atoms with E-state index >= 15 is 0 Å². The number of aliphatic carboxylic acids is 2. The number of unbranched alkanes of at least 4 members (excludes halogenated alkanes) is 13. The van der Waals surface area contributed by atoms with E-state index in [0.29, 0.717) is 69.9 Å². The molecule has 91 heavy (non-hydrogen) atoms. The number of carboxylic acids is 2. The van der Waals surface area contributed by atoms with Gasteiger partial charge in [-0.3, -0.25) is 43.9 Å². The fraction of sp³-hybridized carbons (Fsp3) is 0.735. The van der Waals surface area contributed by atoms with Crippen molar-refractivity contribution in [2.75, 3.05) is 80.0 Å². The number of primary amides is 1. The third kappa shape index (κ3) is 57.5. The molecule has 0 unspecified atom stereocenters. The number of amides is 3. The number of carbonyl (C=O) groups is 9. The van der Waals surface area contributed by atoms with Crippen LogP contribution in [-0.4, -0.2) is 171 Å². The predicted molar refractivity (Wildman–Crippen MR) is 357 cm³/mol. The second-order valence-corrected chi connectivity index (χ2v) is 24.2. The van der Waals surface area contributed by atoms with Gasteiger partial charge in [0.05, 0.1) is 44.9 Å². The minimum absolute atomic E-state index is 0. The number of likely N-dealkylation sites (N-methyl/N-ethyl adjacent to an activating group) is 1. The minimum atomic E-state index is -1.02. The lowest BCUT2D eigenvalue weighted by atomic mass is 9.90. The summed E-state index contributed by atoms with van der Waals surface area (Å²) in [4.78, 5) is 106. The number of nitrogens with zero attached hydrogens (tertiary/aromatic N) is 1. The standard InChI is InChI=1S/C43H77N3O12.C19H30N4O3.C6H12O.H2/c1-35(37(3)47)19-16-17-25-44-41(50)34-58-32-29-55-27-18-21-38(48)33-57-31-30-56-28-26-45-40(49)24-23-39(43(53)54)46-36(2)20-14-12-10-8-6-4-5-7-9-11-13-15-22-42(51)52;1-23(2)16(5-3-4-6-18(20)21)17(25)12-14(19(22)26)11-13-7-9-15(24)10-8-13;1-5(2)4-6(3)7;/h35,39,46H,2,4-34H2,1,3H3,(H,44,50)(H,45,49)(H,51,52)(H,53,54);7-10,14,16,24H,3-6,11-12H2,1-2H3,(H3,20,21)(H2,22,26);5H,4H2,1-3H3;1H/t35-,39-;14-,16+;;/m01../s1. The molecule has 1 aromatic carbocycles. The van der Waals surface area contributed by atoms with Crippen LogP contribution >= 0.6 is 0 Å². The van der Waals surface area contributed by atoms with Crippen LogP contribution in [0.25, 0.3) is 0 Å². The van der Waals surface area contributed by atoms with E-state index in [1.54, 1.807) is 38.1 Å². The van der Waals surface area contributed by atoms with Crippen LogP contribution in [0.2, 0.25) is 0 Å². The Hall–Kier alpha value is -6.14. The molecule has 0 aliphatic carbocycles. The summed E-state index contributed by atoms with van der Waals surface area (Å²) in [7, 11) is 3.68. The number of benzene rings is 1. The number of hydrogen-bond acceptors (Lipinski definition) is 17. The molecule has 11 N–H and O–H groups in total. The molecule has 23 heteroatoms. The van der Waals surface area contributed by atoms with Gasteiger partial charge in [0, 0.05) is 77.2 Å². The van der Waals surface area contributed by atoms with Gasteiger partial charge in [-0.1, -0.05) is 117 Å². The highest BCUT2D eigenvalue weighted by Crippen LogP contribution is 2.20. The molecule has 0 saturated heterocycles. The second kappa shape index (κ2) is 57.7. The van der Waals surface area contributed by atoms with Gasteiger partial charge in [0.15, 0.2) is 11.6 Å². The summed E-state index contributed by atoms with van der Waals surface area (Å²) in [6, 6.07) is 5.37. The normalized spacial score (nSPS) is 12.3. The van der Waals surface area contributed by atoms with Crippen molar-refractivity contribution in [3.05, 3.63) is 42.1 Å². The number of carbonyl (C=O) groups excluding carboxylic acids is 7. The topological polar surface area (TPSA) is 366 Å². The summed E-state index contributed by atoms with van der Waals surface area (Å²) in [5, 5.41) is 43.3. The number of aromatic hydroxyl groups is 1. The van der Waals surface area contributed by atoms with Gasteiger partial charge < -0.3 is 66.5 Å². The van der Waals surface area contributed by atoms with Crippen LogP contribution < -0.4 is 27.4 Å². The molecule has 4 atom stereocenters. The Morgan fingerprint density at radius 2 is 1.12 bits per heavy atom. The molecule has 0 radical (unpaired) electrons. The number of phenols is 1. The van der Waals surface area contributed by atoms with Crippen molar-refractivity contribution in [2.24, 2.45) is 29.2 Å². The van der Waals surface area contributed by atoms with Gasteiger partial charge in [0.25, 0.3) is 0 Å².